The van der Waals surface area contributed by atoms with Gasteiger partial charge in [0, 0.05) is 12.3 Å². The maximum atomic E-state index is 10.9. The number of nitrogens with one attached hydrogen (secondary N) is 1. The van der Waals surface area contributed by atoms with E-state index < -0.39 is 0 Å². The van der Waals surface area contributed by atoms with Crippen LogP contribution >= 0.6 is 0 Å². The molecule has 0 saturated heterocycles. The van der Waals surface area contributed by atoms with Crippen molar-refractivity contribution in [2.45, 2.75) is 25.7 Å². The van der Waals surface area contributed by atoms with E-state index in [1.807, 2.05) is 6.20 Å². The predicted molar refractivity (Wildman–Crippen MR) is 43.7 cm³/mol. The summed E-state index contributed by atoms with van der Waals surface area (Å²) in [5.41, 5.74) is 2.61. The van der Waals surface area contributed by atoms with Crippen molar-refractivity contribution in [3.63, 3.8) is 0 Å². The van der Waals surface area contributed by atoms with Gasteiger partial charge in [-0.1, -0.05) is 0 Å². The van der Waals surface area contributed by atoms with Crippen molar-refractivity contribution < 1.29 is 0 Å². The molecule has 0 unspecified atom stereocenters. The summed E-state index contributed by atoms with van der Waals surface area (Å²) in [6.07, 6.45) is 6.57. The molecule has 2 heteroatoms. The van der Waals surface area contributed by atoms with Crippen LogP contribution in [0.3, 0.4) is 0 Å². The number of hydrogen-bond acceptors (Lipinski definition) is 1. The summed E-state index contributed by atoms with van der Waals surface area (Å²) < 4.78 is 0. The van der Waals surface area contributed by atoms with Gasteiger partial charge < -0.3 is 4.98 Å². The molecule has 0 aliphatic heterocycles. The average molecular weight is 149 g/mol. The van der Waals surface area contributed by atoms with E-state index in [0.717, 1.165) is 12.8 Å². The molecule has 0 spiro atoms. The molecule has 0 atom stereocenters. The Labute approximate surface area is 65.3 Å². The first-order valence-corrected chi connectivity index (χ1v) is 4.07. The summed E-state index contributed by atoms with van der Waals surface area (Å²) in [6.45, 7) is 0. The maximum absolute atomic E-state index is 10.9. The number of fused-ring (bicyclic) bond motifs is 1. The van der Waals surface area contributed by atoms with Crippen LogP contribution in [0, 0.1) is 0 Å². The third-order valence-corrected chi connectivity index (χ3v) is 2.25. The minimum atomic E-state index is 0.0330. The highest BCUT2D eigenvalue weighted by Gasteiger charge is 2.08. The van der Waals surface area contributed by atoms with E-state index in [9.17, 15) is 4.79 Å². The van der Waals surface area contributed by atoms with Crippen molar-refractivity contribution in [1.29, 1.82) is 0 Å². The number of aromatic nitrogens is 1. The summed E-state index contributed by atoms with van der Waals surface area (Å²) in [7, 11) is 0. The number of aromatic amines is 1. The average Bonchev–Trinajstić information content (AvgIpc) is 2.04. The minimum Gasteiger partial charge on any atom is -0.329 e. The lowest BCUT2D eigenvalue weighted by Crippen LogP contribution is -2.11. The highest BCUT2D eigenvalue weighted by molar-refractivity contribution is 5.25. The maximum Gasteiger partial charge on any atom is 0.248 e. The fraction of sp³-hybridized carbons (Fsp3) is 0.444. The lowest BCUT2D eigenvalue weighted by atomic mass is 9.94. The Balaban J connectivity index is 2.51. The lowest BCUT2D eigenvalue weighted by Gasteiger charge is -2.13. The quantitative estimate of drug-likeness (QED) is 0.591. The van der Waals surface area contributed by atoms with E-state index in [1.54, 1.807) is 6.07 Å². The molecule has 0 radical (unpaired) electrons. The molecule has 11 heavy (non-hydrogen) atoms. The van der Waals surface area contributed by atoms with Crippen molar-refractivity contribution in [1.82, 2.24) is 4.98 Å². The molecule has 2 rings (SSSR count). The van der Waals surface area contributed by atoms with Gasteiger partial charge >= 0.3 is 0 Å². The van der Waals surface area contributed by atoms with E-state index in [-0.39, 0.29) is 5.56 Å². The second-order valence-electron chi connectivity index (χ2n) is 3.05. The zero-order valence-electron chi connectivity index (χ0n) is 6.39. The fourth-order valence-corrected chi connectivity index (χ4v) is 1.64. The summed E-state index contributed by atoms with van der Waals surface area (Å²) in [5, 5.41) is 0. The van der Waals surface area contributed by atoms with Gasteiger partial charge in [0.2, 0.25) is 5.56 Å². The molecular weight excluding hydrogens is 138 g/mol. The van der Waals surface area contributed by atoms with E-state index in [4.69, 9.17) is 0 Å². The minimum absolute atomic E-state index is 0.0330. The van der Waals surface area contributed by atoms with Crippen LogP contribution in [0.4, 0.5) is 0 Å². The SMILES string of the molecule is O=c1cc2c(c[nH]1)CCCC2. The Hall–Kier alpha value is -1.05. The Morgan fingerprint density at radius 2 is 1.91 bits per heavy atom. The van der Waals surface area contributed by atoms with Gasteiger partial charge in [-0.15, -0.1) is 0 Å². The Kier molecular flexibility index (Phi) is 1.53. The highest BCUT2D eigenvalue weighted by Crippen LogP contribution is 2.17. The Morgan fingerprint density at radius 1 is 1.18 bits per heavy atom. The number of rotatable bonds is 0. The van der Waals surface area contributed by atoms with Gasteiger partial charge in [0.1, 0.15) is 0 Å². The molecule has 0 saturated carbocycles. The van der Waals surface area contributed by atoms with Crippen LogP contribution in [-0.2, 0) is 12.8 Å². The van der Waals surface area contributed by atoms with E-state index in [0.29, 0.717) is 0 Å². The second kappa shape index (κ2) is 2.53. The predicted octanol–water partition coefficient (Wildman–Crippen LogP) is 1.25. The molecule has 1 heterocycles. The second-order valence-corrected chi connectivity index (χ2v) is 3.05. The zero-order chi connectivity index (χ0) is 7.68. The summed E-state index contributed by atoms with van der Waals surface area (Å²) >= 11 is 0. The normalized spacial score (nSPS) is 16.0. The Bertz CT molecular complexity index is 314. The van der Waals surface area contributed by atoms with E-state index in [2.05, 4.69) is 4.98 Å². The van der Waals surface area contributed by atoms with Crippen LogP contribution in [0.25, 0.3) is 0 Å². The van der Waals surface area contributed by atoms with Crippen molar-refractivity contribution in [3.05, 3.63) is 33.7 Å². The van der Waals surface area contributed by atoms with E-state index >= 15 is 0 Å². The zero-order valence-corrected chi connectivity index (χ0v) is 6.39. The van der Waals surface area contributed by atoms with Crippen LogP contribution in [-0.4, -0.2) is 4.98 Å². The molecule has 0 aromatic carbocycles. The topological polar surface area (TPSA) is 32.9 Å². The van der Waals surface area contributed by atoms with Crippen LogP contribution < -0.4 is 5.56 Å². The van der Waals surface area contributed by atoms with Crippen molar-refractivity contribution in [2.24, 2.45) is 0 Å². The molecule has 1 aliphatic rings. The first-order valence-electron chi connectivity index (χ1n) is 4.07. The molecule has 1 aromatic heterocycles. The molecule has 58 valence electrons. The number of H-pyrrole nitrogens is 1. The number of aryl methyl sites for hydroxylation is 2. The first-order chi connectivity index (χ1) is 5.36. The fourth-order valence-electron chi connectivity index (χ4n) is 1.64. The molecule has 1 aromatic rings. The van der Waals surface area contributed by atoms with Crippen LogP contribution in [0.5, 0.6) is 0 Å². The standard InChI is InChI=1S/C9H11NO/c11-9-5-7-3-1-2-4-8(7)6-10-9/h5-6H,1-4H2,(H,10,11). The van der Waals surface area contributed by atoms with Crippen molar-refractivity contribution >= 4 is 0 Å². The van der Waals surface area contributed by atoms with E-state index in [1.165, 1.54) is 24.0 Å². The molecule has 2 nitrogen and oxygen atoms in total. The van der Waals surface area contributed by atoms with Gasteiger partial charge in [0.15, 0.2) is 0 Å². The molecular formula is C9H11NO. The van der Waals surface area contributed by atoms with Crippen LogP contribution in [0.1, 0.15) is 24.0 Å². The molecule has 0 bridgehead atoms. The third kappa shape index (κ3) is 1.20. The summed E-state index contributed by atoms with van der Waals surface area (Å²) in [6, 6.07) is 1.73. The van der Waals surface area contributed by atoms with Gasteiger partial charge in [-0.25, -0.2) is 0 Å². The largest absolute Gasteiger partial charge is 0.329 e. The van der Waals surface area contributed by atoms with Crippen LogP contribution in [0.2, 0.25) is 0 Å². The number of hydrogen-bond donors (Lipinski definition) is 1. The van der Waals surface area contributed by atoms with Gasteiger partial charge in [0.05, 0.1) is 0 Å². The molecule has 1 aliphatic carbocycles. The summed E-state index contributed by atoms with van der Waals surface area (Å²) in [4.78, 5) is 13.6. The van der Waals surface area contributed by atoms with Crippen molar-refractivity contribution in [2.75, 3.05) is 0 Å². The van der Waals surface area contributed by atoms with Gasteiger partial charge in [-0.3, -0.25) is 4.79 Å². The van der Waals surface area contributed by atoms with Crippen LogP contribution in [0.15, 0.2) is 17.1 Å². The molecule has 0 amide bonds. The van der Waals surface area contributed by atoms with Gasteiger partial charge in [-0.05, 0) is 36.8 Å². The third-order valence-electron chi connectivity index (χ3n) is 2.25. The molecule has 1 N–H and O–H groups in total. The monoisotopic (exact) mass is 149 g/mol. The highest BCUT2D eigenvalue weighted by atomic mass is 16.1. The number of pyridine rings is 1. The smallest absolute Gasteiger partial charge is 0.248 e. The first kappa shape index (κ1) is 6.65. The lowest BCUT2D eigenvalue weighted by molar-refractivity contribution is 0.680. The van der Waals surface area contributed by atoms with Gasteiger partial charge in [0.25, 0.3) is 0 Å². The summed E-state index contributed by atoms with van der Waals surface area (Å²) in [5.74, 6) is 0. The van der Waals surface area contributed by atoms with Gasteiger partial charge in [-0.2, -0.15) is 0 Å². The van der Waals surface area contributed by atoms with Crippen molar-refractivity contribution in [3.8, 4) is 0 Å². The molecule has 0 fully saturated rings. The Morgan fingerprint density at radius 3 is 2.73 bits per heavy atom.